The smallest absolute Gasteiger partial charge is 0.417 e. The monoisotopic (exact) mass is 443 g/mol. The SMILES string of the molecule is CN(C)CCOc1ccc(C(=C(c2ccc(O)cc2)C(F)(F)F)c2ccc(O)cc2)cc1. The molecular formula is C25H24F3NO3. The first kappa shape index (κ1) is 23.2. The van der Waals surface area contributed by atoms with Crippen LogP contribution in [0.2, 0.25) is 0 Å². The number of ether oxygens (including phenoxy) is 1. The number of phenolic OH excluding ortho intramolecular Hbond substituents is 2. The number of aromatic hydroxyl groups is 2. The molecule has 0 heterocycles. The predicted octanol–water partition coefficient (Wildman–Crippen LogP) is 5.56. The molecule has 0 aliphatic rings. The Balaban J connectivity index is 2.14. The van der Waals surface area contributed by atoms with E-state index < -0.39 is 11.7 Å². The highest BCUT2D eigenvalue weighted by molar-refractivity contribution is 6.00. The molecule has 3 aromatic rings. The number of hydrogen-bond donors (Lipinski definition) is 2. The fourth-order valence-electron chi connectivity index (χ4n) is 3.23. The topological polar surface area (TPSA) is 52.9 Å². The Hall–Kier alpha value is -3.45. The van der Waals surface area contributed by atoms with Crippen LogP contribution in [-0.2, 0) is 0 Å². The van der Waals surface area contributed by atoms with Gasteiger partial charge in [0.1, 0.15) is 23.9 Å². The molecule has 0 fully saturated rings. The maximum atomic E-state index is 14.3. The Labute approximate surface area is 184 Å². The highest BCUT2D eigenvalue weighted by Crippen LogP contribution is 2.43. The van der Waals surface area contributed by atoms with Crippen LogP contribution in [0.15, 0.2) is 72.8 Å². The summed E-state index contributed by atoms with van der Waals surface area (Å²) < 4.78 is 48.6. The second kappa shape index (κ2) is 9.78. The molecule has 7 heteroatoms. The molecule has 0 amide bonds. The standard InChI is InChI=1S/C25H24F3NO3/c1-29(2)15-16-32-22-13-7-18(8-14-22)23(17-3-9-20(30)10-4-17)24(25(26,27)28)19-5-11-21(31)12-6-19/h3-14,30-31H,15-16H2,1-2H3. The molecule has 0 spiro atoms. The largest absolute Gasteiger partial charge is 0.508 e. The van der Waals surface area contributed by atoms with Gasteiger partial charge in [0, 0.05) is 12.1 Å². The lowest BCUT2D eigenvalue weighted by molar-refractivity contribution is -0.0685. The molecule has 0 saturated heterocycles. The van der Waals surface area contributed by atoms with Gasteiger partial charge in [-0.3, -0.25) is 0 Å². The molecule has 2 N–H and O–H groups in total. The lowest BCUT2D eigenvalue weighted by Gasteiger charge is -2.20. The number of halogens is 3. The number of likely N-dealkylation sites (N-methyl/N-ethyl adjacent to an activating group) is 1. The maximum Gasteiger partial charge on any atom is 0.417 e. The molecular weight excluding hydrogens is 419 g/mol. The van der Waals surface area contributed by atoms with Crippen LogP contribution in [0.25, 0.3) is 11.1 Å². The number of rotatable bonds is 7. The molecule has 0 unspecified atom stereocenters. The van der Waals surface area contributed by atoms with E-state index in [-0.39, 0.29) is 22.6 Å². The van der Waals surface area contributed by atoms with Gasteiger partial charge in [-0.05, 0) is 67.2 Å². The second-order valence-corrected chi connectivity index (χ2v) is 7.52. The molecule has 32 heavy (non-hydrogen) atoms. The Kier molecular flexibility index (Phi) is 7.10. The third-order valence-corrected chi connectivity index (χ3v) is 4.80. The zero-order valence-corrected chi connectivity index (χ0v) is 17.7. The van der Waals surface area contributed by atoms with Crippen molar-refractivity contribution in [1.29, 1.82) is 0 Å². The van der Waals surface area contributed by atoms with Crippen molar-refractivity contribution >= 4 is 11.1 Å². The molecule has 168 valence electrons. The summed E-state index contributed by atoms with van der Waals surface area (Å²) in [4.78, 5) is 1.97. The van der Waals surface area contributed by atoms with Crippen LogP contribution in [-0.4, -0.2) is 48.5 Å². The van der Waals surface area contributed by atoms with E-state index in [1.54, 1.807) is 24.3 Å². The summed E-state index contributed by atoms with van der Waals surface area (Å²) in [6, 6.07) is 16.9. The Morgan fingerprint density at radius 2 is 1.19 bits per heavy atom. The zero-order chi connectivity index (χ0) is 23.3. The van der Waals surface area contributed by atoms with E-state index in [2.05, 4.69) is 0 Å². The van der Waals surface area contributed by atoms with Gasteiger partial charge in [0.2, 0.25) is 0 Å². The highest BCUT2D eigenvalue weighted by Gasteiger charge is 2.38. The van der Waals surface area contributed by atoms with Crippen molar-refractivity contribution in [1.82, 2.24) is 4.90 Å². The average molecular weight is 443 g/mol. The van der Waals surface area contributed by atoms with Gasteiger partial charge in [0.25, 0.3) is 0 Å². The lowest BCUT2D eigenvalue weighted by atomic mass is 9.89. The third kappa shape index (κ3) is 5.82. The van der Waals surface area contributed by atoms with Crippen molar-refractivity contribution in [2.24, 2.45) is 0 Å². The van der Waals surface area contributed by atoms with Gasteiger partial charge < -0.3 is 19.8 Å². The number of hydrogen-bond acceptors (Lipinski definition) is 4. The molecule has 3 aromatic carbocycles. The molecule has 3 rings (SSSR count). The van der Waals surface area contributed by atoms with Crippen LogP contribution in [0.1, 0.15) is 16.7 Å². The fraction of sp³-hybridized carbons (Fsp3) is 0.200. The predicted molar refractivity (Wildman–Crippen MR) is 119 cm³/mol. The molecule has 0 aromatic heterocycles. The van der Waals surface area contributed by atoms with Gasteiger partial charge in [-0.1, -0.05) is 36.4 Å². The van der Waals surface area contributed by atoms with Crippen molar-refractivity contribution in [3.05, 3.63) is 89.5 Å². The van der Waals surface area contributed by atoms with E-state index in [1.807, 2.05) is 19.0 Å². The van der Waals surface area contributed by atoms with Crippen molar-refractivity contribution in [2.45, 2.75) is 6.18 Å². The fourth-order valence-corrected chi connectivity index (χ4v) is 3.23. The van der Waals surface area contributed by atoms with E-state index >= 15 is 0 Å². The van der Waals surface area contributed by atoms with Gasteiger partial charge in [-0.25, -0.2) is 0 Å². The molecule has 4 nitrogen and oxygen atoms in total. The zero-order valence-electron chi connectivity index (χ0n) is 17.7. The van der Waals surface area contributed by atoms with Crippen LogP contribution < -0.4 is 4.74 Å². The highest BCUT2D eigenvalue weighted by atomic mass is 19.4. The van der Waals surface area contributed by atoms with Crippen LogP contribution in [0.4, 0.5) is 13.2 Å². The second-order valence-electron chi connectivity index (χ2n) is 7.52. The van der Waals surface area contributed by atoms with E-state index in [4.69, 9.17) is 4.74 Å². The number of benzene rings is 3. The van der Waals surface area contributed by atoms with Gasteiger partial charge in [0.15, 0.2) is 0 Å². The third-order valence-electron chi connectivity index (χ3n) is 4.80. The summed E-state index contributed by atoms with van der Waals surface area (Å²) in [6.45, 7) is 1.16. The molecule has 0 saturated carbocycles. The van der Waals surface area contributed by atoms with E-state index in [0.717, 1.165) is 0 Å². The van der Waals surface area contributed by atoms with Gasteiger partial charge >= 0.3 is 6.18 Å². The average Bonchev–Trinajstić information content (AvgIpc) is 2.73. The van der Waals surface area contributed by atoms with Crippen LogP contribution in [0.3, 0.4) is 0 Å². The van der Waals surface area contributed by atoms with E-state index in [0.29, 0.717) is 30.0 Å². The summed E-state index contributed by atoms with van der Waals surface area (Å²) in [5.41, 5.74) is -0.322. The van der Waals surface area contributed by atoms with Crippen molar-refractivity contribution < 1.29 is 28.1 Å². The Bertz CT molecular complexity index is 1060. The summed E-state index contributed by atoms with van der Waals surface area (Å²) in [6.07, 6.45) is -4.68. The summed E-state index contributed by atoms with van der Waals surface area (Å²) in [5, 5.41) is 19.2. The van der Waals surface area contributed by atoms with E-state index in [1.165, 1.54) is 48.5 Å². The minimum atomic E-state index is -4.68. The quantitative estimate of drug-likeness (QED) is 0.470. The van der Waals surface area contributed by atoms with E-state index in [9.17, 15) is 23.4 Å². The molecule has 0 aliphatic heterocycles. The van der Waals surface area contributed by atoms with Crippen molar-refractivity contribution in [3.63, 3.8) is 0 Å². The number of allylic oxidation sites excluding steroid dienone is 1. The van der Waals surface area contributed by atoms with Crippen LogP contribution in [0.5, 0.6) is 17.2 Å². The van der Waals surface area contributed by atoms with Crippen molar-refractivity contribution in [2.75, 3.05) is 27.2 Å². The van der Waals surface area contributed by atoms with Gasteiger partial charge in [0.05, 0.1) is 5.57 Å². The summed E-state index contributed by atoms with van der Waals surface area (Å²) in [5.74, 6) is 0.385. The Morgan fingerprint density at radius 3 is 1.62 bits per heavy atom. The van der Waals surface area contributed by atoms with Gasteiger partial charge in [-0.2, -0.15) is 13.2 Å². The normalized spacial score (nSPS) is 12.6. The minimum Gasteiger partial charge on any atom is -0.508 e. The number of phenols is 2. The van der Waals surface area contributed by atoms with Crippen molar-refractivity contribution in [3.8, 4) is 17.2 Å². The summed E-state index contributed by atoms with van der Waals surface area (Å²) >= 11 is 0. The van der Waals surface area contributed by atoms with Gasteiger partial charge in [-0.15, -0.1) is 0 Å². The number of alkyl halides is 3. The first-order valence-corrected chi connectivity index (χ1v) is 9.93. The van der Waals surface area contributed by atoms with Crippen LogP contribution in [0, 0.1) is 0 Å². The number of nitrogens with zero attached hydrogens (tertiary/aromatic N) is 1. The molecule has 0 radical (unpaired) electrons. The molecule has 0 aliphatic carbocycles. The lowest BCUT2D eigenvalue weighted by Crippen LogP contribution is -2.19. The summed E-state index contributed by atoms with van der Waals surface area (Å²) in [7, 11) is 3.84. The van der Waals surface area contributed by atoms with Crippen LogP contribution >= 0.6 is 0 Å². The first-order valence-electron chi connectivity index (χ1n) is 9.93. The maximum absolute atomic E-state index is 14.3. The minimum absolute atomic E-state index is 0.0389. The Morgan fingerprint density at radius 1 is 0.750 bits per heavy atom. The molecule has 0 atom stereocenters. The first-order chi connectivity index (χ1) is 15.1. The molecule has 0 bridgehead atoms.